The fourth-order valence-corrected chi connectivity index (χ4v) is 2.18. The van der Waals surface area contributed by atoms with Crippen molar-refractivity contribution in [2.75, 3.05) is 13.2 Å². The summed E-state index contributed by atoms with van der Waals surface area (Å²) in [7, 11) is 0. The maximum absolute atomic E-state index is 5.94. The van der Waals surface area contributed by atoms with Crippen LogP contribution in [-0.4, -0.2) is 25.4 Å². The molecule has 3 rings (SSSR count). The zero-order chi connectivity index (χ0) is 14.3. The SMILES string of the molecule is c1ccc(COCC(OCc2ccccc2)C2CO2)cc1. The first-order valence-corrected chi connectivity index (χ1v) is 7.30. The van der Waals surface area contributed by atoms with Crippen molar-refractivity contribution in [1.82, 2.24) is 0 Å². The first kappa shape index (κ1) is 14.3. The van der Waals surface area contributed by atoms with Gasteiger partial charge >= 0.3 is 0 Å². The van der Waals surface area contributed by atoms with Gasteiger partial charge in [-0.1, -0.05) is 60.7 Å². The molecule has 3 nitrogen and oxygen atoms in total. The van der Waals surface area contributed by atoms with Crippen molar-refractivity contribution in [3.8, 4) is 0 Å². The molecule has 0 N–H and O–H groups in total. The van der Waals surface area contributed by atoms with E-state index in [1.165, 1.54) is 11.1 Å². The highest BCUT2D eigenvalue weighted by atomic mass is 16.6. The third kappa shape index (κ3) is 4.67. The average molecular weight is 284 g/mol. The normalized spacial score (nSPS) is 18.4. The summed E-state index contributed by atoms with van der Waals surface area (Å²) in [6.07, 6.45) is 0.193. The summed E-state index contributed by atoms with van der Waals surface area (Å²) >= 11 is 0. The Morgan fingerprint density at radius 3 is 2.05 bits per heavy atom. The maximum Gasteiger partial charge on any atom is 0.110 e. The Kier molecular flexibility index (Phi) is 5.00. The summed E-state index contributed by atoms with van der Waals surface area (Å²) in [5, 5.41) is 0. The topological polar surface area (TPSA) is 31.0 Å². The number of hydrogen-bond acceptors (Lipinski definition) is 3. The van der Waals surface area contributed by atoms with Crippen LogP contribution in [0.5, 0.6) is 0 Å². The highest BCUT2D eigenvalue weighted by Gasteiger charge is 2.33. The van der Waals surface area contributed by atoms with Crippen molar-refractivity contribution in [3.63, 3.8) is 0 Å². The van der Waals surface area contributed by atoms with Gasteiger partial charge < -0.3 is 14.2 Å². The van der Waals surface area contributed by atoms with E-state index in [9.17, 15) is 0 Å². The molecule has 2 unspecified atom stereocenters. The third-order valence-corrected chi connectivity index (χ3v) is 3.47. The summed E-state index contributed by atoms with van der Waals surface area (Å²) in [6.45, 7) is 2.54. The molecule has 2 aromatic carbocycles. The van der Waals surface area contributed by atoms with Crippen LogP contribution in [0.15, 0.2) is 60.7 Å². The number of benzene rings is 2. The van der Waals surface area contributed by atoms with Crippen LogP contribution in [0.2, 0.25) is 0 Å². The third-order valence-electron chi connectivity index (χ3n) is 3.47. The van der Waals surface area contributed by atoms with E-state index in [1.54, 1.807) is 0 Å². The number of hydrogen-bond donors (Lipinski definition) is 0. The zero-order valence-electron chi connectivity index (χ0n) is 12.0. The molecule has 0 spiro atoms. The second kappa shape index (κ2) is 7.36. The zero-order valence-corrected chi connectivity index (χ0v) is 12.0. The van der Waals surface area contributed by atoms with Crippen LogP contribution in [0.25, 0.3) is 0 Å². The van der Waals surface area contributed by atoms with Crippen LogP contribution >= 0.6 is 0 Å². The second-order valence-corrected chi connectivity index (χ2v) is 5.21. The first-order chi connectivity index (χ1) is 10.4. The molecule has 0 aromatic heterocycles. The van der Waals surface area contributed by atoms with E-state index >= 15 is 0 Å². The van der Waals surface area contributed by atoms with Gasteiger partial charge in [0, 0.05) is 0 Å². The van der Waals surface area contributed by atoms with Gasteiger partial charge in [-0.05, 0) is 11.1 Å². The summed E-state index contributed by atoms with van der Waals surface area (Å²) in [5.41, 5.74) is 2.35. The second-order valence-electron chi connectivity index (χ2n) is 5.21. The molecule has 1 saturated heterocycles. The number of ether oxygens (including phenoxy) is 3. The Bertz CT molecular complexity index is 523. The van der Waals surface area contributed by atoms with Crippen LogP contribution in [0.1, 0.15) is 11.1 Å². The Balaban J connectivity index is 1.44. The fraction of sp³-hybridized carbons (Fsp3) is 0.333. The summed E-state index contributed by atoms with van der Waals surface area (Å²) in [4.78, 5) is 0. The summed E-state index contributed by atoms with van der Waals surface area (Å²) < 4.78 is 17.1. The van der Waals surface area contributed by atoms with Crippen LogP contribution in [-0.2, 0) is 27.4 Å². The Morgan fingerprint density at radius 2 is 1.48 bits per heavy atom. The molecule has 110 valence electrons. The molecular formula is C18H20O3. The van der Waals surface area contributed by atoms with Crippen molar-refractivity contribution in [1.29, 1.82) is 0 Å². The van der Waals surface area contributed by atoms with Gasteiger partial charge in [-0.3, -0.25) is 0 Å². The lowest BCUT2D eigenvalue weighted by Crippen LogP contribution is -2.25. The molecule has 1 heterocycles. The minimum Gasteiger partial charge on any atom is -0.374 e. The lowest BCUT2D eigenvalue weighted by molar-refractivity contribution is -0.0417. The molecule has 1 aliphatic heterocycles. The molecule has 2 aromatic rings. The quantitative estimate of drug-likeness (QED) is 0.698. The molecule has 0 bridgehead atoms. The highest BCUT2D eigenvalue weighted by Crippen LogP contribution is 2.19. The smallest absolute Gasteiger partial charge is 0.110 e. The van der Waals surface area contributed by atoms with E-state index < -0.39 is 0 Å². The Hall–Kier alpha value is -1.68. The van der Waals surface area contributed by atoms with Crippen LogP contribution in [0.4, 0.5) is 0 Å². The lowest BCUT2D eigenvalue weighted by atomic mass is 10.2. The van der Waals surface area contributed by atoms with Crippen molar-refractivity contribution in [2.24, 2.45) is 0 Å². The molecule has 0 amide bonds. The van der Waals surface area contributed by atoms with Gasteiger partial charge in [-0.2, -0.15) is 0 Å². The van der Waals surface area contributed by atoms with Crippen LogP contribution in [0, 0.1) is 0 Å². The lowest BCUT2D eigenvalue weighted by Gasteiger charge is -2.16. The van der Waals surface area contributed by atoms with Crippen molar-refractivity contribution in [2.45, 2.75) is 25.4 Å². The van der Waals surface area contributed by atoms with Crippen molar-refractivity contribution < 1.29 is 14.2 Å². The van der Waals surface area contributed by atoms with E-state index in [4.69, 9.17) is 14.2 Å². The Morgan fingerprint density at radius 1 is 0.905 bits per heavy atom. The average Bonchev–Trinajstić information content (AvgIpc) is 3.37. The van der Waals surface area contributed by atoms with E-state index in [-0.39, 0.29) is 12.2 Å². The summed E-state index contributed by atoms with van der Waals surface area (Å²) in [5.74, 6) is 0. The molecule has 0 aliphatic carbocycles. The predicted molar refractivity (Wildman–Crippen MR) is 80.9 cm³/mol. The minimum absolute atomic E-state index is 0.00826. The molecule has 2 atom stereocenters. The monoisotopic (exact) mass is 284 g/mol. The Labute approximate surface area is 125 Å². The molecule has 3 heteroatoms. The number of epoxide rings is 1. The highest BCUT2D eigenvalue weighted by molar-refractivity contribution is 5.14. The van der Waals surface area contributed by atoms with Gasteiger partial charge in [0.25, 0.3) is 0 Å². The molecule has 0 saturated carbocycles. The summed E-state index contributed by atoms with van der Waals surface area (Å²) in [6, 6.07) is 20.4. The van der Waals surface area contributed by atoms with Crippen molar-refractivity contribution >= 4 is 0 Å². The molecular weight excluding hydrogens is 264 g/mol. The van der Waals surface area contributed by atoms with E-state index in [2.05, 4.69) is 24.3 Å². The molecule has 0 radical (unpaired) electrons. The van der Waals surface area contributed by atoms with Crippen LogP contribution in [0.3, 0.4) is 0 Å². The standard InChI is InChI=1S/C18H20O3/c1-3-7-15(8-4-1)11-19-13-17(18-14-21-18)20-12-16-9-5-2-6-10-16/h1-10,17-18H,11-14H2. The van der Waals surface area contributed by atoms with Gasteiger partial charge in [0.1, 0.15) is 12.2 Å². The fourth-order valence-electron chi connectivity index (χ4n) is 2.18. The largest absolute Gasteiger partial charge is 0.374 e. The minimum atomic E-state index is 0.00826. The predicted octanol–water partition coefficient (Wildman–Crippen LogP) is 3.19. The van der Waals surface area contributed by atoms with Gasteiger partial charge in [-0.25, -0.2) is 0 Å². The molecule has 1 fully saturated rings. The van der Waals surface area contributed by atoms with Gasteiger partial charge in [0.15, 0.2) is 0 Å². The first-order valence-electron chi connectivity index (χ1n) is 7.30. The molecule has 1 aliphatic rings. The van der Waals surface area contributed by atoms with Gasteiger partial charge in [0.05, 0.1) is 26.4 Å². The van der Waals surface area contributed by atoms with Gasteiger partial charge in [-0.15, -0.1) is 0 Å². The van der Waals surface area contributed by atoms with Crippen molar-refractivity contribution in [3.05, 3.63) is 71.8 Å². The van der Waals surface area contributed by atoms with E-state index in [0.717, 1.165) is 6.61 Å². The van der Waals surface area contributed by atoms with E-state index in [0.29, 0.717) is 19.8 Å². The number of rotatable bonds is 8. The van der Waals surface area contributed by atoms with Crippen LogP contribution < -0.4 is 0 Å². The maximum atomic E-state index is 5.94. The molecule has 21 heavy (non-hydrogen) atoms. The van der Waals surface area contributed by atoms with E-state index in [1.807, 2.05) is 36.4 Å². The van der Waals surface area contributed by atoms with Gasteiger partial charge in [0.2, 0.25) is 0 Å².